The Balaban J connectivity index is 2.01. The van der Waals surface area contributed by atoms with Crippen LogP contribution in [-0.4, -0.2) is 38.8 Å². The Bertz CT molecular complexity index is 881. The molecule has 0 atom stereocenters. The van der Waals surface area contributed by atoms with Crippen molar-refractivity contribution in [3.63, 3.8) is 0 Å². The van der Waals surface area contributed by atoms with Crippen LogP contribution in [0.3, 0.4) is 0 Å². The van der Waals surface area contributed by atoms with Gasteiger partial charge in [-0.15, -0.1) is 11.3 Å². The van der Waals surface area contributed by atoms with Crippen LogP contribution in [0.5, 0.6) is 0 Å². The number of nitrogens with two attached hydrogens (primary N) is 1. The summed E-state index contributed by atoms with van der Waals surface area (Å²) in [4.78, 5) is 26.2. The molecule has 2 aromatic rings. The Morgan fingerprint density at radius 3 is 2.64 bits per heavy atom. The zero-order valence-corrected chi connectivity index (χ0v) is 15.5. The zero-order valence-electron chi connectivity index (χ0n) is 13.1. The first-order chi connectivity index (χ1) is 11.7. The number of thiophene rings is 1. The Hall–Kier alpha value is -1.94. The van der Waals surface area contributed by atoms with E-state index >= 15 is 0 Å². The van der Waals surface area contributed by atoms with Gasteiger partial charge in [-0.3, -0.25) is 4.79 Å². The van der Waals surface area contributed by atoms with Gasteiger partial charge in [-0.1, -0.05) is 17.7 Å². The molecule has 2 N–H and O–H groups in total. The average molecular weight is 403 g/mol. The second-order valence-electron chi connectivity index (χ2n) is 5.09. The number of likely N-dealkylation sites (N-methyl/N-ethyl adjacent to an activating group) is 1. The fourth-order valence-corrected chi connectivity index (χ4v) is 3.37. The van der Waals surface area contributed by atoms with Crippen molar-refractivity contribution in [2.45, 2.75) is 11.4 Å². The standard InChI is InChI=1S/C15H15ClN2O5S2/c1-18(8-10-3-2-6-24-10)14(19)9-23-15(20)12-7-11(25(17,21)22)4-5-13(12)16/h2-7H,8-9H2,1H3,(H2,17,21,22). The number of primary sulfonamides is 1. The van der Waals surface area contributed by atoms with E-state index in [4.69, 9.17) is 21.5 Å². The van der Waals surface area contributed by atoms with E-state index in [0.29, 0.717) is 6.54 Å². The monoisotopic (exact) mass is 402 g/mol. The van der Waals surface area contributed by atoms with E-state index in [1.165, 1.54) is 28.4 Å². The summed E-state index contributed by atoms with van der Waals surface area (Å²) in [5, 5.41) is 6.91. The Kier molecular flexibility index (Phi) is 6.17. The lowest BCUT2D eigenvalue weighted by Crippen LogP contribution is -2.30. The molecule has 134 valence electrons. The SMILES string of the molecule is CN(Cc1cccs1)C(=O)COC(=O)c1cc(S(N)(=O)=O)ccc1Cl. The second kappa shape index (κ2) is 7.96. The van der Waals surface area contributed by atoms with E-state index in [2.05, 4.69) is 0 Å². The summed E-state index contributed by atoms with van der Waals surface area (Å²) in [6, 6.07) is 7.18. The Labute approximate surface area is 154 Å². The van der Waals surface area contributed by atoms with Gasteiger partial charge in [0.05, 0.1) is 22.0 Å². The highest BCUT2D eigenvalue weighted by Gasteiger charge is 2.19. The van der Waals surface area contributed by atoms with Crippen molar-refractivity contribution in [3.8, 4) is 0 Å². The summed E-state index contributed by atoms with van der Waals surface area (Å²) >= 11 is 7.39. The summed E-state index contributed by atoms with van der Waals surface area (Å²) in [6.45, 7) is -0.0909. The maximum Gasteiger partial charge on any atom is 0.340 e. The van der Waals surface area contributed by atoms with Crippen molar-refractivity contribution < 1.29 is 22.7 Å². The van der Waals surface area contributed by atoms with Gasteiger partial charge in [-0.2, -0.15) is 0 Å². The van der Waals surface area contributed by atoms with Crippen LogP contribution in [0.1, 0.15) is 15.2 Å². The molecule has 0 unspecified atom stereocenters. The highest BCUT2D eigenvalue weighted by atomic mass is 35.5. The molecule has 2 rings (SSSR count). The minimum atomic E-state index is -3.99. The molecule has 25 heavy (non-hydrogen) atoms. The molecule has 0 aliphatic carbocycles. The maximum absolute atomic E-state index is 12.1. The van der Waals surface area contributed by atoms with Crippen molar-refractivity contribution in [2.24, 2.45) is 5.14 Å². The number of sulfonamides is 1. The number of nitrogens with zero attached hydrogens (tertiary/aromatic N) is 1. The molecule has 1 aromatic carbocycles. The van der Waals surface area contributed by atoms with E-state index in [0.717, 1.165) is 10.9 Å². The van der Waals surface area contributed by atoms with Gasteiger partial charge >= 0.3 is 5.97 Å². The van der Waals surface area contributed by atoms with E-state index in [1.54, 1.807) is 7.05 Å². The lowest BCUT2D eigenvalue weighted by atomic mass is 10.2. The number of carbonyl (C=O) groups is 2. The van der Waals surface area contributed by atoms with Crippen LogP contribution in [0, 0.1) is 0 Å². The van der Waals surface area contributed by atoms with Gasteiger partial charge < -0.3 is 9.64 Å². The number of rotatable bonds is 6. The first-order valence-electron chi connectivity index (χ1n) is 6.94. The third-order valence-corrected chi connectivity index (χ3v) is 5.31. The molecule has 7 nitrogen and oxygen atoms in total. The predicted molar refractivity (Wildman–Crippen MR) is 93.9 cm³/mol. The normalized spacial score (nSPS) is 11.2. The van der Waals surface area contributed by atoms with Crippen molar-refractivity contribution >= 4 is 44.8 Å². The van der Waals surface area contributed by atoms with Crippen LogP contribution in [0.15, 0.2) is 40.6 Å². The van der Waals surface area contributed by atoms with E-state index in [1.807, 2.05) is 17.5 Å². The van der Waals surface area contributed by atoms with Crippen molar-refractivity contribution in [2.75, 3.05) is 13.7 Å². The molecule has 0 aliphatic heterocycles. The smallest absolute Gasteiger partial charge is 0.340 e. The largest absolute Gasteiger partial charge is 0.452 e. The van der Waals surface area contributed by atoms with Crippen LogP contribution in [0.25, 0.3) is 0 Å². The van der Waals surface area contributed by atoms with Gasteiger partial charge in [0.1, 0.15) is 0 Å². The van der Waals surface area contributed by atoms with Gasteiger partial charge in [-0.05, 0) is 29.6 Å². The predicted octanol–water partition coefficient (Wildman–Crippen LogP) is 1.86. The molecule has 0 spiro atoms. The molecular formula is C15H15ClN2O5S2. The van der Waals surface area contributed by atoms with Crippen LogP contribution in [-0.2, 0) is 26.1 Å². The number of esters is 1. The Morgan fingerprint density at radius 1 is 1.32 bits per heavy atom. The summed E-state index contributed by atoms with van der Waals surface area (Å²) in [5.41, 5.74) is -0.179. The van der Waals surface area contributed by atoms with E-state index in [-0.39, 0.29) is 15.5 Å². The van der Waals surface area contributed by atoms with Gasteiger partial charge in [0.15, 0.2) is 6.61 Å². The summed E-state index contributed by atoms with van der Waals surface area (Å²) in [7, 11) is -2.40. The quantitative estimate of drug-likeness (QED) is 0.742. The van der Waals surface area contributed by atoms with Gasteiger partial charge in [-0.25, -0.2) is 18.4 Å². The minimum absolute atomic E-state index is 0.00297. The minimum Gasteiger partial charge on any atom is -0.452 e. The molecule has 0 saturated carbocycles. The molecule has 1 amide bonds. The highest BCUT2D eigenvalue weighted by Crippen LogP contribution is 2.21. The third kappa shape index (κ3) is 5.27. The summed E-state index contributed by atoms with van der Waals surface area (Å²) in [6.07, 6.45) is 0. The lowest BCUT2D eigenvalue weighted by molar-refractivity contribution is -0.133. The van der Waals surface area contributed by atoms with E-state index in [9.17, 15) is 18.0 Å². The maximum atomic E-state index is 12.1. The molecule has 1 heterocycles. The van der Waals surface area contributed by atoms with Crippen molar-refractivity contribution in [1.29, 1.82) is 0 Å². The summed E-state index contributed by atoms with van der Waals surface area (Å²) < 4.78 is 27.6. The van der Waals surface area contributed by atoms with Crippen LogP contribution >= 0.6 is 22.9 Å². The fraction of sp³-hybridized carbons (Fsp3) is 0.200. The van der Waals surface area contributed by atoms with Crippen molar-refractivity contribution in [1.82, 2.24) is 4.90 Å². The molecule has 0 radical (unpaired) electrons. The molecule has 1 aromatic heterocycles. The number of hydrogen-bond acceptors (Lipinski definition) is 6. The van der Waals surface area contributed by atoms with Crippen LogP contribution in [0.4, 0.5) is 0 Å². The first kappa shape index (κ1) is 19.4. The van der Waals surface area contributed by atoms with Crippen LogP contribution < -0.4 is 5.14 Å². The number of hydrogen-bond donors (Lipinski definition) is 1. The fourth-order valence-electron chi connectivity index (χ4n) is 1.88. The van der Waals surface area contributed by atoms with Gasteiger partial charge in [0, 0.05) is 11.9 Å². The second-order valence-corrected chi connectivity index (χ2v) is 8.09. The van der Waals surface area contributed by atoms with Crippen molar-refractivity contribution in [3.05, 3.63) is 51.2 Å². The molecule has 0 aliphatic rings. The molecular weight excluding hydrogens is 388 g/mol. The topological polar surface area (TPSA) is 107 Å². The third-order valence-electron chi connectivity index (χ3n) is 3.21. The first-order valence-corrected chi connectivity index (χ1v) is 9.74. The molecule has 0 bridgehead atoms. The molecule has 0 saturated heterocycles. The van der Waals surface area contributed by atoms with Gasteiger partial charge in [0.25, 0.3) is 5.91 Å². The molecule has 0 fully saturated rings. The molecule has 10 heteroatoms. The number of ether oxygens (including phenoxy) is 1. The highest BCUT2D eigenvalue weighted by molar-refractivity contribution is 7.89. The number of halogens is 1. The lowest BCUT2D eigenvalue weighted by Gasteiger charge is -2.16. The average Bonchev–Trinajstić information content (AvgIpc) is 3.04. The number of carbonyl (C=O) groups excluding carboxylic acids is 2. The number of amides is 1. The van der Waals surface area contributed by atoms with E-state index < -0.39 is 28.5 Å². The zero-order chi connectivity index (χ0) is 18.6. The Morgan fingerprint density at radius 2 is 2.04 bits per heavy atom. The number of benzene rings is 1. The van der Waals surface area contributed by atoms with Gasteiger partial charge in [0.2, 0.25) is 10.0 Å². The summed E-state index contributed by atoms with van der Waals surface area (Å²) in [5.74, 6) is -1.31. The van der Waals surface area contributed by atoms with Crippen LogP contribution in [0.2, 0.25) is 5.02 Å².